The maximum Gasteiger partial charge on any atom is 0.292 e. The molecule has 0 fully saturated rings. The summed E-state index contributed by atoms with van der Waals surface area (Å²) in [7, 11) is 3.78. The summed E-state index contributed by atoms with van der Waals surface area (Å²) in [4.78, 5) is 15.0. The van der Waals surface area contributed by atoms with Gasteiger partial charge in [0.2, 0.25) is 0 Å². The van der Waals surface area contributed by atoms with Crippen molar-refractivity contribution in [1.82, 2.24) is 15.0 Å². The fourth-order valence-electron chi connectivity index (χ4n) is 4.54. The van der Waals surface area contributed by atoms with E-state index in [-0.39, 0.29) is 18.4 Å². The lowest BCUT2D eigenvalue weighted by Crippen LogP contribution is -2.22. The fraction of sp³-hybridized carbons (Fsp3) is 0.296. The van der Waals surface area contributed by atoms with Crippen LogP contribution in [0.3, 0.4) is 0 Å². The van der Waals surface area contributed by atoms with E-state index in [4.69, 9.17) is 15.6 Å². The van der Waals surface area contributed by atoms with E-state index in [1.54, 1.807) is 12.1 Å². The molecule has 5 rings (SSSR count). The average molecular weight is 494 g/mol. The minimum absolute atomic E-state index is 0.0938. The number of nitrogens with one attached hydrogen (secondary N) is 2. The number of nitrogen functional groups attached to an aromatic ring is 1. The number of benzene rings is 2. The third-order valence-corrected chi connectivity index (χ3v) is 6.34. The molecule has 0 spiro atoms. The van der Waals surface area contributed by atoms with Crippen LogP contribution in [0.5, 0.6) is 0 Å². The van der Waals surface area contributed by atoms with Crippen molar-refractivity contribution in [3.63, 3.8) is 0 Å². The molecule has 0 radical (unpaired) electrons. The Kier molecular flexibility index (Phi) is 7.73. The molecule has 1 aliphatic heterocycles. The minimum atomic E-state index is 0.0938. The molecular formula is C27H31BN8O. The number of hydrogen-bond acceptors (Lipinski definition) is 9. The first-order chi connectivity index (χ1) is 17.9. The van der Waals surface area contributed by atoms with Gasteiger partial charge in [-0.1, -0.05) is 43.9 Å². The van der Waals surface area contributed by atoms with Crippen molar-refractivity contribution in [3.8, 4) is 5.97 Å². The van der Waals surface area contributed by atoms with E-state index < -0.39 is 0 Å². The second-order valence-corrected chi connectivity index (χ2v) is 8.95. The van der Waals surface area contributed by atoms with Crippen LogP contribution in [0.2, 0.25) is 6.32 Å². The lowest BCUT2D eigenvalue weighted by Gasteiger charge is -2.21. The Morgan fingerprint density at radius 3 is 2.76 bits per heavy atom. The Labute approximate surface area is 217 Å². The van der Waals surface area contributed by atoms with Gasteiger partial charge in [-0.3, -0.25) is 5.41 Å². The number of aromatic nitrogens is 3. The van der Waals surface area contributed by atoms with Crippen molar-refractivity contribution in [2.45, 2.75) is 39.5 Å². The zero-order valence-corrected chi connectivity index (χ0v) is 21.7. The molecule has 4 N–H and O–H groups in total. The Bertz CT molecular complexity index is 1470. The van der Waals surface area contributed by atoms with Gasteiger partial charge in [-0.15, -0.1) is 0 Å². The molecule has 0 unspecified atom stereocenters. The number of nitrogens with zero attached hydrogens (tertiary/aromatic N) is 5. The zero-order valence-electron chi connectivity index (χ0n) is 21.7. The zero-order chi connectivity index (χ0) is 26.5. The molecule has 0 aliphatic carbocycles. The van der Waals surface area contributed by atoms with Crippen LogP contribution < -0.4 is 16.0 Å². The van der Waals surface area contributed by atoms with Gasteiger partial charge < -0.3 is 20.4 Å². The largest absolute Gasteiger partial charge is 0.424 e. The lowest BCUT2D eigenvalue weighted by molar-refractivity contribution is 0.626. The standard InChI is InChI=1S/C25H25BN8O.C2H6/c1-34(2)24-21(22(28)17-5-6-20-19(10-17)33-25(29)35-20)23(31-14-32-24)30-12-15-3-4-18-11-26(13-27)8-7-16(18)9-15;1-2/h3-6,9-10,14,28H,7-8,11-12H2,1-2H3,(H2,29,33)(H,30,31,32);1-2H3. The normalized spacial score (nSPS) is 12.2. The van der Waals surface area contributed by atoms with Gasteiger partial charge >= 0.3 is 0 Å². The van der Waals surface area contributed by atoms with Crippen LogP contribution in [0.4, 0.5) is 17.7 Å². The van der Waals surface area contributed by atoms with Gasteiger partial charge in [-0.05, 0) is 42.1 Å². The van der Waals surface area contributed by atoms with Crippen molar-refractivity contribution in [3.05, 3.63) is 70.5 Å². The number of aryl methyl sites for hydroxylation is 1. The van der Waals surface area contributed by atoms with Crippen molar-refractivity contribution in [2.24, 2.45) is 0 Å². The predicted octanol–water partition coefficient (Wildman–Crippen LogP) is 4.52. The highest BCUT2D eigenvalue weighted by atomic mass is 16.4. The molecule has 9 nitrogen and oxygen atoms in total. The van der Waals surface area contributed by atoms with E-state index in [0.717, 1.165) is 24.6 Å². The predicted molar refractivity (Wildman–Crippen MR) is 149 cm³/mol. The molecule has 37 heavy (non-hydrogen) atoms. The smallest absolute Gasteiger partial charge is 0.292 e. The first-order valence-corrected chi connectivity index (χ1v) is 12.4. The first-order valence-electron chi connectivity index (χ1n) is 12.4. The molecule has 0 saturated carbocycles. The molecule has 188 valence electrons. The lowest BCUT2D eigenvalue weighted by atomic mass is 9.42. The van der Waals surface area contributed by atoms with Crippen molar-refractivity contribution in [1.29, 1.82) is 10.7 Å². The topological polar surface area (TPSA) is 141 Å². The van der Waals surface area contributed by atoms with Gasteiger partial charge in [0.15, 0.2) is 5.58 Å². The number of anilines is 3. The SMILES string of the molecule is CC.CN(C)c1ncnc(NCc2ccc3c(c2)CCB(C#N)C3)c1C(=N)c1ccc2oc(N)nc2c1. The summed E-state index contributed by atoms with van der Waals surface area (Å²) in [5.74, 6) is 3.61. The van der Waals surface area contributed by atoms with Gasteiger partial charge in [0.05, 0.1) is 11.3 Å². The minimum Gasteiger partial charge on any atom is -0.424 e. The third kappa shape index (κ3) is 5.41. The quantitative estimate of drug-likeness (QED) is 0.263. The summed E-state index contributed by atoms with van der Waals surface area (Å²) >= 11 is 0. The van der Waals surface area contributed by atoms with Crippen LogP contribution in [-0.2, 0) is 19.3 Å². The molecule has 2 aromatic carbocycles. The van der Waals surface area contributed by atoms with Crippen LogP contribution >= 0.6 is 0 Å². The highest BCUT2D eigenvalue weighted by molar-refractivity contribution is 6.66. The third-order valence-electron chi connectivity index (χ3n) is 6.34. The van der Waals surface area contributed by atoms with E-state index in [2.05, 4.69) is 44.4 Å². The summed E-state index contributed by atoms with van der Waals surface area (Å²) in [6, 6.07) is 11.9. The molecule has 0 atom stereocenters. The number of nitriles is 1. The molecule has 1 aliphatic rings. The van der Waals surface area contributed by atoms with Crippen LogP contribution in [0.1, 0.15) is 41.7 Å². The maximum absolute atomic E-state index is 9.24. The fourth-order valence-corrected chi connectivity index (χ4v) is 4.54. The van der Waals surface area contributed by atoms with E-state index in [9.17, 15) is 5.26 Å². The molecule has 4 aromatic rings. The molecule has 0 amide bonds. The van der Waals surface area contributed by atoms with E-state index in [1.807, 2.05) is 38.9 Å². The highest BCUT2D eigenvalue weighted by Gasteiger charge is 2.23. The molecule has 0 saturated heterocycles. The summed E-state index contributed by atoms with van der Waals surface area (Å²) in [5, 5.41) is 21.7. The number of nitrogens with two attached hydrogens (primary N) is 1. The van der Waals surface area contributed by atoms with E-state index in [1.165, 1.54) is 17.5 Å². The van der Waals surface area contributed by atoms with E-state index in [0.29, 0.717) is 40.4 Å². The number of oxazole rings is 1. The Hall–Kier alpha value is -4.39. The Morgan fingerprint density at radius 1 is 1.19 bits per heavy atom. The second-order valence-electron chi connectivity index (χ2n) is 8.95. The van der Waals surface area contributed by atoms with Crippen LogP contribution in [-0.4, -0.2) is 41.5 Å². The highest BCUT2D eigenvalue weighted by Crippen LogP contribution is 2.28. The summed E-state index contributed by atoms with van der Waals surface area (Å²) in [6.07, 6.45) is 4.15. The van der Waals surface area contributed by atoms with Crippen molar-refractivity contribution < 1.29 is 4.42 Å². The summed E-state index contributed by atoms with van der Waals surface area (Å²) in [6.45, 7) is 4.66. The van der Waals surface area contributed by atoms with Crippen LogP contribution in [0.25, 0.3) is 11.1 Å². The first kappa shape index (κ1) is 25.7. The Morgan fingerprint density at radius 2 is 2.00 bits per heavy atom. The monoisotopic (exact) mass is 494 g/mol. The summed E-state index contributed by atoms with van der Waals surface area (Å²) in [5.41, 5.74) is 12.1. The summed E-state index contributed by atoms with van der Waals surface area (Å²) < 4.78 is 5.37. The van der Waals surface area contributed by atoms with Crippen LogP contribution in [0, 0.1) is 16.6 Å². The van der Waals surface area contributed by atoms with Gasteiger partial charge in [-0.25, -0.2) is 15.2 Å². The van der Waals surface area contributed by atoms with Crippen molar-refractivity contribution in [2.75, 3.05) is 30.0 Å². The van der Waals surface area contributed by atoms with E-state index >= 15 is 0 Å². The molecule has 10 heteroatoms. The number of fused-ring (bicyclic) bond motifs is 2. The second kappa shape index (κ2) is 11.1. The molecule has 0 bridgehead atoms. The molecular weight excluding hydrogens is 463 g/mol. The average Bonchev–Trinajstić information content (AvgIpc) is 3.31. The molecule has 2 aromatic heterocycles. The van der Waals surface area contributed by atoms with Gasteiger partial charge in [0.1, 0.15) is 23.5 Å². The number of hydrogen-bond donors (Lipinski definition) is 3. The van der Waals surface area contributed by atoms with Gasteiger partial charge in [0, 0.05) is 32.2 Å². The maximum atomic E-state index is 9.24. The van der Waals surface area contributed by atoms with Gasteiger partial charge in [-0.2, -0.15) is 4.98 Å². The molecule has 3 heterocycles. The Balaban J connectivity index is 0.00000156. The van der Waals surface area contributed by atoms with Crippen LogP contribution in [0.15, 0.2) is 47.1 Å². The number of rotatable bonds is 6. The van der Waals surface area contributed by atoms with Crippen molar-refractivity contribution >= 4 is 41.2 Å². The van der Waals surface area contributed by atoms with Gasteiger partial charge in [0.25, 0.3) is 12.7 Å².